The number of piperazine rings is 1. The molecule has 0 bridgehead atoms. The standard InChI is InChI=1S/C18H24N4O2.3ClH.3H2O/c19-15-6-7-18(20-12-15)22-10-8-21(9-11-22)13-16(23)14-24-17-4-2-1-3-5-17;;;;;;/h1-7,12,16,23H,8-11,13-14,19H2;3*1H;3*1H2. The fraction of sp³-hybridized carbons (Fsp3) is 0.389. The summed E-state index contributed by atoms with van der Waals surface area (Å²) in [7, 11) is 0. The van der Waals surface area contributed by atoms with Crippen molar-refractivity contribution in [3.63, 3.8) is 0 Å². The molecule has 1 unspecified atom stereocenters. The molecule has 0 saturated carbocycles. The molecule has 0 amide bonds. The Kier molecular flexibility index (Phi) is 22.1. The molecule has 0 spiro atoms. The van der Waals surface area contributed by atoms with Gasteiger partial charge in [0.25, 0.3) is 0 Å². The van der Waals surface area contributed by atoms with Crippen molar-refractivity contribution >= 4 is 11.5 Å². The number of hydrogen-bond donors (Lipinski definition) is 4. The molecule has 0 aliphatic carbocycles. The number of ether oxygens (including phenoxy) is 1. The van der Waals surface area contributed by atoms with Crippen LogP contribution >= 0.6 is 0 Å². The second-order valence-corrected chi connectivity index (χ2v) is 6.37. The lowest BCUT2D eigenvalue weighted by Crippen LogP contribution is -3.27. The first-order chi connectivity index (χ1) is 11.7. The van der Waals surface area contributed by atoms with Crippen molar-refractivity contribution in [1.82, 2.24) is 0 Å². The van der Waals surface area contributed by atoms with Gasteiger partial charge in [0, 0.05) is 0 Å². The number of aromatic amines is 1. The zero-order valence-electron chi connectivity index (χ0n) is 16.5. The molecule has 3 rings (SSSR count). The molecule has 1 aromatic carbocycles. The number of aliphatic hydroxyl groups excluding tert-OH is 1. The molecule has 0 radical (unpaired) electrons. The minimum Gasteiger partial charge on any atom is -1.00 e. The van der Waals surface area contributed by atoms with Crippen LogP contribution < -0.4 is 62.5 Å². The number of pyridine rings is 1. The Bertz CT molecular complexity index is 635. The van der Waals surface area contributed by atoms with Gasteiger partial charge in [-0.2, -0.15) is 4.98 Å². The number of nitrogens with one attached hydrogen (secondary N) is 3. The van der Waals surface area contributed by atoms with E-state index in [1.807, 2.05) is 42.6 Å². The highest BCUT2D eigenvalue weighted by Gasteiger charge is 2.29. The SMILES string of the molecule is Nc1ccc([NH+]2CC[NH+](CC(O)COc3ccccc3)CC2)[nH+]c1.O.O.O.[Cl-].[Cl-].[Cl-]. The fourth-order valence-electron chi connectivity index (χ4n) is 3.14. The molecule has 2 aromatic rings. The summed E-state index contributed by atoms with van der Waals surface area (Å²) in [5.74, 6) is 1.98. The number of hydrogen-bond acceptors (Lipinski definition) is 3. The monoisotopic (exact) mass is 490 g/mol. The van der Waals surface area contributed by atoms with Gasteiger partial charge in [0.1, 0.15) is 51.2 Å². The van der Waals surface area contributed by atoms with Crippen LogP contribution in [0.2, 0.25) is 0 Å². The smallest absolute Gasteiger partial charge is 0.366 e. The third-order valence-electron chi connectivity index (χ3n) is 4.49. The third-order valence-corrected chi connectivity index (χ3v) is 4.49. The number of aliphatic hydroxyl groups is 1. The Hall–Kier alpha value is -1.40. The number of aromatic nitrogens is 1. The molecule has 1 aliphatic rings. The van der Waals surface area contributed by atoms with E-state index in [1.54, 1.807) is 0 Å². The molecule has 1 aliphatic heterocycles. The van der Waals surface area contributed by atoms with Crippen LogP contribution in [-0.2, 0) is 0 Å². The van der Waals surface area contributed by atoms with Gasteiger partial charge in [0.15, 0.2) is 6.20 Å². The number of quaternary nitrogens is 2. The number of nitrogens with two attached hydrogens (primary N) is 1. The first-order valence-electron chi connectivity index (χ1n) is 8.52. The van der Waals surface area contributed by atoms with Crippen LogP contribution in [0.25, 0.3) is 0 Å². The average molecular weight is 492 g/mol. The van der Waals surface area contributed by atoms with E-state index in [0.717, 1.165) is 44.2 Å². The summed E-state index contributed by atoms with van der Waals surface area (Å²) < 4.78 is 5.63. The van der Waals surface area contributed by atoms with Crippen molar-refractivity contribution in [2.45, 2.75) is 6.10 Å². The van der Waals surface area contributed by atoms with Crippen LogP contribution in [0.15, 0.2) is 48.7 Å². The van der Waals surface area contributed by atoms with Gasteiger partial charge < -0.3 is 74.1 Å². The average Bonchev–Trinajstić information content (AvgIpc) is 2.62. The molecule has 2 heterocycles. The molecule has 1 aromatic heterocycles. The predicted octanol–water partition coefficient (Wildman–Crippen LogP) is -13.5. The van der Waals surface area contributed by atoms with Gasteiger partial charge in [0.05, 0.1) is 11.8 Å². The van der Waals surface area contributed by atoms with Crippen LogP contribution in [0.5, 0.6) is 5.75 Å². The Morgan fingerprint density at radius 2 is 1.53 bits per heavy atom. The second-order valence-electron chi connectivity index (χ2n) is 6.37. The van der Waals surface area contributed by atoms with Crippen LogP contribution in [0.1, 0.15) is 0 Å². The molecular weight excluding hydrogens is 459 g/mol. The minimum atomic E-state index is -0.440. The van der Waals surface area contributed by atoms with Crippen LogP contribution in [0.4, 0.5) is 11.5 Å². The summed E-state index contributed by atoms with van der Waals surface area (Å²) in [6.07, 6.45) is 1.40. The van der Waals surface area contributed by atoms with Crippen molar-refractivity contribution in [3.8, 4) is 5.75 Å². The van der Waals surface area contributed by atoms with E-state index in [2.05, 4.69) is 11.1 Å². The van der Waals surface area contributed by atoms with Crippen molar-refractivity contribution in [2.75, 3.05) is 45.1 Å². The number of anilines is 1. The molecule has 12 heteroatoms. The Morgan fingerprint density at radius 1 is 0.933 bits per heavy atom. The van der Waals surface area contributed by atoms with E-state index < -0.39 is 6.10 Å². The quantitative estimate of drug-likeness (QED) is 0.315. The summed E-state index contributed by atoms with van der Waals surface area (Å²) in [5.41, 5.74) is 6.47. The maximum atomic E-state index is 10.2. The lowest BCUT2D eigenvalue weighted by molar-refractivity contribution is -0.997. The van der Waals surface area contributed by atoms with E-state index in [0.29, 0.717) is 6.61 Å². The summed E-state index contributed by atoms with van der Waals surface area (Å²) in [6.45, 7) is 5.23. The van der Waals surface area contributed by atoms with E-state index >= 15 is 0 Å². The maximum Gasteiger partial charge on any atom is 0.366 e. The molecule has 1 atom stereocenters. The number of para-hydroxylation sites is 1. The highest BCUT2D eigenvalue weighted by molar-refractivity contribution is 5.33. The van der Waals surface area contributed by atoms with Crippen LogP contribution in [0.3, 0.4) is 0 Å². The van der Waals surface area contributed by atoms with E-state index in [4.69, 9.17) is 10.5 Å². The molecule has 1 saturated heterocycles. The minimum absolute atomic E-state index is 0. The normalized spacial score (nSPS) is 17.6. The molecule has 30 heavy (non-hydrogen) atoms. The molecular formula is C18H33Cl3N4O5. The number of halogens is 3. The topological polar surface area (TPSA) is 173 Å². The molecule has 12 N–H and O–H groups in total. The summed E-state index contributed by atoms with van der Waals surface area (Å²) in [5, 5.41) is 10.2. The van der Waals surface area contributed by atoms with Gasteiger partial charge in [-0.15, -0.1) is 0 Å². The Morgan fingerprint density at radius 3 is 2.07 bits per heavy atom. The van der Waals surface area contributed by atoms with Gasteiger partial charge in [-0.1, -0.05) is 18.2 Å². The van der Waals surface area contributed by atoms with Crippen molar-refractivity contribution < 1.29 is 78.3 Å². The van der Waals surface area contributed by atoms with Gasteiger partial charge >= 0.3 is 5.82 Å². The highest BCUT2D eigenvalue weighted by Crippen LogP contribution is 2.08. The van der Waals surface area contributed by atoms with Crippen molar-refractivity contribution in [3.05, 3.63) is 48.7 Å². The van der Waals surface area contributed by atoms with Crippen molar-refractivity contribution in [2.24, 2.45) is 0 Å². The first-order valence-corrected chi connectivity index (χ1v) is 8.52. The van der Waals surface area contributed by atoms with Gasteiger partial charge in [0.2, 0.25) is 0 Å². The van der Waals surface area contributed by atoms with E-state index in [1.165, 1.54) is 15.6 Å². The summed E-state index contributed by atoms with van der Waals surface area (Å²) in [6, 6.07) is 13.6. The molecule has 9 nitrogen and oxygen atoms in total. The van der Waals surface area contributed by atoms with Gasteiger partial charge in [-0.3, -0.25) is 0 Å². The lowest BCUT2D eigenvalue weighted by atomic mass is 10.2. The van der Waals surface area contributed by atoms with Gasteiger partial charge in [-0.25, -0.2) is 4.90 Å². The summed E-state index contributed by atoms with van der Waals surface area (Å²) >= 11 is 0. The fourth-order valence-corrected chi connectivity index (χ4v) is 3.14. The zero-order valence-corrected chi connectivity index (χ0v) is 18.8. The van der Waals surface area contributed by atoms with Crippen LogP contribution in [0, 0.1) is 0 Å². The van der Waals surface area contributed by atoms with E-state index in [-0.39, 0.29) is 53.6 Å². The second kappa shape index (κ2) is 18.4. The van der Waals surface area contributed by atoms with E-state index in [9.17, 15) is 5.11 Å². The van der Waals surface area contributed by atoms with Crippen molar-refractivity contribution in [1.29, 1.82) is 0 Å². The number of nitrogen functional groups attached to an aromatic ring is 1. The number of H-pyrrole nitrogens is 1. The number of rotatable bonds is 6. The number of benzene rings is 1. The van der Waals surface area contributed by atoms with Crippen LogP contribution in [-0.4, -0.2) is 67.0 Å². The molecule has 1 fully saturated rings. The Labute approximate surface area is 195 Å². The zero-order chi connectivity index (χ0) is 16.8. The third kappa shape index (κ3) is 11.1. The van der Waals surface area contributed by atoms with Gasteiger partial charge in [-0.05, 0) is 18.2 Å². The predicted molar refractivity (Wildman–Crippen MR) is 102 cm³/mol. The highest BCUT2D eigenvalue weighted by atomic mass is 35.5. The first kappa shape index (κ1) is 36.0. The lowest BCUT2D eigenvalue weighted by Gasteiger charge is -2.28. The Balaban J connectivity index is -0.000000563. The largest absolute Gasteiger partial charge is 1.00 e. The maximum absolute atomic E-state index is 10.2. The molecule has 176 valence electrons. The summed E-state index contributed by atoms with van der Waals surface area (Å²) in [4.78, 5) is 6.13.